The molecule has 1 aliphatic rings. The average Bonchev–Trinajstić information content (AvgIpc) is 3.22. The molecule has 0 saturated heterocycles. The maximum Gasteiger partial charge on any atom is 0.241 e. The predicted octanol–water partition coefficient (Wildman–Crippen LogP) is 0.310. The van der Waals surface area contributed by atoms with Gasteiger partial charge in [0.15, 0.2) is 0 Å². The summed E-state index contributed by atoms with van der Waals surface area (Å²) in [7, 11) is -3.70. The Hall–Kier alpha value is -1.91. The zero-order valence-corrected chi connectivity index (χ0v) is 11.6. The molecule has 2 rings (SSSR count). The maximum absolute atomic E-state index is 12.0. The van der Waals surface area contributed by atoms with Gasteiger partial charge in [0.25, 0.3) is 0 Å². The first-order valence-corrected chi connectivity index (χ1v) is 7.74. The summed E-state index contributed by atoms with van der Waals surface area (Å²) >= 11 is 0. The molecule has 1 aromatic carbocycles. The zero-order chi connectivity index (χ0) is 14.6. The van der Waals surface area contributed by atoms with E-state index in [4.69, 9.17) is 5.26 Å². The van der Waals surface area contributed by atoms with Gasteiger partial charge in [-0.1, -0.05) is 12.1 Å². The van der Waals surface area contributed by atoms with E-state index in [1.807, 2.05) is 6.07 Å². The van der Waals surface area contributed by atoms with E-state index in [0.29, 0.717) is 0 Å². The number of carbonyl (C=O) groups is 1. The molecule has 1 fully saturated rings. The van der Waals surface area contributed by atoms with Crippen molar-refractivity contribution in [2.75, 3.05) is 6.54 Å². The number of benzene rings is 1. The molecule has 106 valence electrons. The van der Waals surface area contributed by atoms with Crippen LogP contribution >= 0.6 is 0 Å². The molecule has 0 aliphatic heterocycles. The third-order valence-corrected chi connectivity index (χ3v) is 4.30. The normalized spacial score (nSPS) is 14.6. The van der Waals surface area contributed by atoms with Gasteiger partial charge >= 0.3 is 0 Å². The first-order valence-electron chi connectivity index (χ1n) is 6.26. The second-order valence-electron chi connectivity index (χ2n) is 4.65. The maximum atomic E-state index is 12.0. The van der Waals surface area contributed by atoms with Crippen LogP contribution < -0.4 is 10.0 Å². The van der Waals surface area contributed by atoms with E-state index in [-0.39, 0.29) is 29.8 Å². The molecule has 1 saturated carbocycles. The van der Waals surface area contributed by atoms with Gasteiger partial charge in [0.05, 0.1) is 23.9 Å². The van der Waals surface area contributed by atoms with Crippen LogP contribution in [0.15, 0.2) is 29.2 Å². The lowest BCUT2D eigenvalue weighted by Crippen LogP contribution is -2.37. The van der Waals surface area contributed by atoms with Crippen molar-refractivity contribution in [3.05, 3.63) is 29.8 Å². The van der Waals surface area contributed by atoms with Crippen molar-refractivity contribution in [2.45, 2.75) is 30.2 Å². The SMILES string of the molecule is N#CCc1ccc(S(=O)(=O)NCC(=O)NC2CC2)cc1. The number of carbonyl (C=O) groups excluding carboxylic acids is 1. The van der Waals surface area contributed by atoms with Crippen molar-refractivity contribution >= 4 is 15.9 Å². The molecule has 20 heavy (non-hydrogen) atoms. The summed E-state index contributed by atoms with van der Waals surface area (Å²) in [6.45, 7) is -0.265. The standard InChI is InChI=1S/C13H15N3O3S/c14-8-7-10-1-5-12(6-2-10)20(18,19)15-9-13(17)16-11-3-4-11/h1-2,5-6,11,15H,3-4,7,9H2,(H,16,17). The lowest BCUT2D eigenvalue weighted by atomic mass is 10.2. The summed E-state index contributed by atoms with van der Waals surface area (Å²) in [4.78, 5) is 11.5. The molecule has 0 atom stereocenters. The Kier molecular flexibility index (Phi) is 4.37. The number of nitrogens with one attached hydrogen (secondary N) is 2. The molecule has 7 heteroatoms. The molecule has 0 spiro atoms. The molecule has 0 aromatic heterocycles. The van der Waals surface area contributed by atoms with E-state index in [1.54, 1.807) is 12.1 Å². The Morgan fingerprint density at radius 2 is 1.95 bits per heavy atom. The van der Waals surface area contributed by atoms with Gasteiger partial charge in [-0.2, -0.15) is 5.26 Å². The topological polar surface area (TPSA) is 99.1 Å². The second kappa shape index (κ2) is 6.03. The number of hydrogen-bond donors (Lipinski definition) is 2. The Labute approximate surface area is 117 Å². The van der Waals surface area contributed by atoms with E-state index in [2.05, 4.69) is 10.0 Å². The van der Waals surface area contributed by atoms with Crippen molar-refractivity contribution < 1.29 is 13.2 Å². The Balaban J connectivity index is 1.94. The monoisotopic (exact) mass is 293 g/mol. The smallest absolute Gasteiger partial charge is 0.241 e. The van der Waals surface area contributed by atoms with Crippen molar-refractivity contribution in [3.63, 3.8) is 0 Å². The molecule has 2 N–H and O–H groups in total. The van der Waals surface area contributed by atoms with Crippen LogP contribution in [0.25, 0.3) is 0 Å². The first-order chi connectivity index (χ1) is 9.51. The molecule has 1 aromatic rings. The van der Waals surface area contributed by atoms with Gasteiger partial charge in [0.2, 0.25) is 15.9 Å². The molecule has 0 heterocycles. The summed E-state index contributed by atoms with van der Waals surface area (Å²) < 4.78 is 26.2. The molecule has 0 bridgehead atoms. The van der Waals surface area contributed by atoms with E-state index in [1.165, 1.54) is 12.1 Å². The second-order valence-corrected chi connectivity index (χ2v) is 6.41. The predicted molar refractivity (Wildman–Crippen MR) is 72.1 cm³/mol. The number of sulfonamides is 1. The van der Waals surface area contributed by atoms with Gasteiger partial charge in [-0.15, -0.1) is 0 Å². The fraction of sp³-hybridized carbons (Fsp3) is 0.385. The highest BCUT2D eigenvalue weighted by Crippen LogP contribution is 2.18. The number of nitrogens with zero attached hydrogens (tertiary/aromatic N) is 1. The van der Waals surface area contributed by atoms with Crippen molar-refractivity contribution in [2.24, 2.45) is 0 Å². The summed E-state index contributed by atoms with van der Waals surface area (Å²) in [5, 5.41) is 11.2. The highest BCUT2D eigenvalue weighted by atomic mass is 32.2. The first kappa shape index (κ1) is 14.5. The van der Waals surface area contributed by atoms with Gasteiger partial charge in [0, 0.05) is 6.04 Å². The summed E-state index contributed by atoms with van der Waals surface area (Å²) in [6.07, 6.45) is 2.15. The lowest BCUT2D eigenvalue weighted by molar-refractivity contribution is -0.120. The third-order valence-electron chi connectivity index (χ3n) is 2.88. The Morgan fingerprint density at radius 1 is 1.30 bits per heavy atom. The van der Waals surface area contributed by atoms with Gasteiger partial charge in [0.1, 0.15) is 0 Å². The number of nitriles is 1. The van der Waals surface area contributed by atoms with E-state index in [0.717, 1.165) is 18.4 Å². The molecular weight excluding hydrogens is 278 g/mol. The molecule has 6 nitrogen and oxygen atoms in total. The van der Waals surface area contributed by atoms with Gasteiger partial charge in [-0.25, -0.2) is 13.1 Å². The average molecular weight is 293 g/mol. The van der Waals surface area contributed by atoms with Crippen molar-refractivity contribution in [1.82, 2.24) is 10.0 Å². The van der Waals surface area contributed by atoms with Crippen LogP contribution in [-0.2, 0) is 21.2 Å². The van der Waals surface area contributed by atoms with Crippen LogP contribution in [0.2, 0.25) is 0 Å². The summed E-state index contributed by atoms with van der Waals surface area (Å²) in [6, 6.07) is 8.21. The minimum absolute atomic E-state index is 0.0819. The third kappa shape index (κ3) is 4.05. The van der Waals surface area contributed by atoms with Gasteiger partial charge in [-0.3, -0.25) is 4.79 Å². The largest absolute Gasteiger partial charge is 0.352 e. The van der Waals surface area contributed by atoms with Crippen molar-refractivity contribution in [1.29, 1.82) is 5.26 Å². The minimum Gasteiger partial charge on any atom is -0.352 e. The minimum atomic E-state index is -3.70. The number of hydrogen-bond acceptors (Lipinski definition) is 4. The molecule has 0 radical (unpaired) electrons. The lowest BCUT2D eigenvalue weighted by Gasteiger charge is -2.07. The van der Waals surface area contributed by atoms with Gasteiger partial charge in [-0.05, 0) is 30.5 Å². The van der Waals surface area contributed by atoms with Crippen molar-refractivity contribution in [3.8, 4) is 6.07 Å². The van der Waals surface area contributed by atoms with Crippen LogP contribution in [0, 0.1) is 11.3 Å². The summed E-state index contributed by atoms with van der Waals surface area (Å²) in [5.74, 6) is -0.322. The number of amides is 1. The van der Waals surface area contributed by atoms with E-state index >= 15 is 0 Å². The van der Waals surface area contributed by atoms with Crippen LogP contribution in [0.1, 0.15) is 18.4 Å². The quantitative estimate of drug-likeness (QED) is 0.788. The van der Waals surface area contributed by atoms with Gasteiger partial charge < -0.3 is 5.32 Å². The summed E-state index contributed by atoms with van der Waals surface area (Å²) in [5.41, 5.74) is 0.748. The molecule has 1 aliphatic carbocycles. The fourth-order valence-electron chi connectivity index (χ4n) is 1.63. The highest BCUT2D eigenvalue weighted by molar-refractivity contribution is 7.89. The molecule has 0 unspecified atom stereocenters. The van der Waals surface area contributed by atoms with E-state index < -0.39 is 10.0 Å². The fourth-order valence-corrected chi connectivity index (χ4v) is 2.61. The van der Waals surface area contributed by atoms with E-state index in [9.17, 15) is 13.2 Å². The molecular formula is C13H15N3O3S. The van der Waals surface area contributed by atoms with Crippen LogP contribution in [0.3, 0.4) is 0 Å². The number of rotatable bonds is 6. The Morgan fingerprint density at radius 3 is 2.50 bits per heavy atom. The van der Waals surface area contributed by atoms with Crippen LogP contribution in [0.4, 0.5) is 0 Å². The Bertz CT molecular complexity index is 628. The van der Waals surface area contributed by atoms with Crippen LogP contribution in [-0.4, -0.2) is 26.9 Å². The van der Waals surface area contributed by atoms with Crippen LogP contribution in [0.5, 0.6) is 0 Å². The highest BCUT2D eigenvalue weighted by Gasteiger charge is 2.24. The molecule has 1 amide bonds. The zero-order valence-electron chi connectivity index (χ0n) is 10.8.